The molecule has 0 aromatic carbocycles. The molecule has 0 spiro atoms. The summed E-state index contributed by atoms with van der Waals surface area (Å²) in [6.07, 6.45) is 2.15. The van der Waals surface area contributed by atoms with Gasteiger partial charge < -0.3 is 0 Å². The van der Waals surface area contributed by atoms with Gasteiger partial charge in [0.25, 0.3) is 0 Å². The van der Waals surface area contributed by atoms with Gasteiger partial charge in [0.05, 0.1) is 0 Å². The van der Waals surface area contributed by atoms with Gasteiger partial charge in [-0.25, -0.2) is 0 Å². The normalized spacial score (nSPS) is 18.0. The summed E-state index contributed by atoms with van der Waals surface area (Å²) in [4.78, 5) is 0. The van der Waals surface area contributed by atoms with Crippen LogP contribution in [0.3, 0.4) is 0 Å². The van der Waals surface area contributed by atoms with E-state index in [4.69, 9.17) is 0 Å². The predicted molar refractivity (Wildman–Crippen MR) is 49.2 cm³/mol. The lowest BCUT2D eigenvalue weighted by Gasteiger charge is -2.16. The van der Waals surface area contributed by atoms with Gasteiger partial charge in [0.2, 0.25) is 0 Å². The molecule has 49 valence electrons. The van der Waals surface area contributed by atoms with Crippen LogP contribution in [0.4, 0.5) is 0 Å². The van der Waals surface area contributed by atoms with Gasteiger partial charge in [0.1, 0.15) is 0 Å². The minimum absolute atomic E-state index is 0.149. The molecule has 0 heterocycles. The fourth-order valence-corrected chi connectivity index (χ4v) is 1.76. The molecule has 0 amide bonds. The van der Waals surface area contributed by atoms with Crippen LogP contribution < -0.4 is 0 Å². The summed E-state index contributed by atoms with van der Waals surface area (Å²) in [5.41, 5.74) is 0. The number of halogens is 3. The molecule has 0 saturated heterocycles. The first-order valence-electron chi connectivity index (χ1n) is 2.27. The number of alkyl halides is 3. The van der Waals surface area contributed by atoms with Gasteiger partial charge >= 0.3 is 0 Å². The first kappa shape index (κ1) is 9.44. The summed E-state index contributed by atoms with van der Waals surface area (Å²) in [6, 6.07) is 0. The Morgan fingerprint density at radius 1 is 1.50 bits per heavy atom. The zero-order valence-corrected chi connectivity index (χ0v) is 9.38. The summed E-state index contributed by atoms with van der Waals surface area (Å²) in [5.74, 6) is 0. The second-order valence-electron chi connectivity index (χ2n) is 1.77. The standard InChI is InChI=1S/C5H8Br3/c1-5(8,4-7)2-3-6/h2H,3-4H2,1H3. The van der Waals surface area contributed by atoms with Crippen molar-refractivity contribution in [3.05, 3.63) is 6.42 Å². The highest BCUT2D eigenvalue weighted by Gasteiger charge is 2.16. The van der Waals surface area contributed by atoms with Gasteiger partial charge in [0.15, 0.2) is 0 Å². The highest BCUT2D eigenvalue weighted by atomic mass is 79.9. The molecule has 0 nitrogen and oxygen atoms in total. The molecular formula is C5H8Br3. The van der Waals surface area contributed by atoms with Crippen molar-refractivity contribution in [1.29, 1.82) is 0 Å². The molecule has 1 radical (unpaired) electrons. The van der Waals surface area contributed by atoms with Crippen LogP contribution in [0.5, 0.6) is 0 Å². The van der Waals surface area contributed by atoms with Crippen molar-refractivity contribution in [3.8, 4) is 0 Å². The molecule has 0 aliphatic rings. The summed E-state index contributed by atoms with van der Waals surface area (Å²) in [7, 11) is 0. The second-order valence-corrected chi connectivity index (χ2v) is 4.79. The van der Waals surface area contributed by atoms with E-state index in [0.29, 0.717) is 0 Å². The molecule has 1 atom stereocenters. The topological polar surface area (TPSA) is 0 Å². The minimum Gasteiger partial charge on any atom is -0.0924 e. The first-order valence-corrected chi connectivity index (χ1v) is 5.31. The van der Waals surface area contributed by atoms with E-state index in [1.165, 1.54) is 0 Å². The molecule has 3 heteroatoms. The van der Waals surface area contributed by atoms with Crippen molar-refractivity contribution >= 4 is 47.8 Å². The van der Waals surface area contributed by atoms with Crippen molar-refractivity contribution in [2.75, 3.05) is 10.7 Å². The maximum absolute atomic E-state index is 3.51. The quantitative estimate of drug-likeness (QED) is 0.703. The highest BCUT2D eigenvalue weighted by Crippen LogP contribution is 2.23. The van der Waals surface area contributed by atoms with Gasteiger partial charge in [-0.2, -0.15) is 0 Å². The van der Waals surface area contributed by atoms with Crippen molar-refractivity contribution in [2.45, 2.75) is 11.2 Å². The third-order valence-corrected chi connectivity index (χ3v) is 3.61. The Morgan fingerprint density at radius 3 is 2.12 bits per heavy atom. The number of hydrogen-bond donors (Lipinski definition) is 0. The molecule has 0 rings (SSSR count). The third kappa shape index (κ3) is 4.33. The predicted octanol–water partition coefficient (Wildman–Crippen LogP) is 3.13. The van der Waals surface area contributed by atoms with Crippen LogP contribution in [0.2, 0.25) is 0 Å². The summed E-state index contributed by atoms with van der Waals surface area (Å²) in [5, 5.41) is 1.88. The minimum atomic E-state index is 0.149. The van der Waals surface area contributed by atoms with Gasteiger partial charge in [-0.1, -0.05) is 47.8 Å². The van der Waals surface area contributed by atoms with Crippen molar-refractivity contribution < 1.29 is 0 Å². The van der Waals surface area contributed by atoms with Crippen LogP contribution in [0.15, 0.2) is 0 Å². The Bertz CT molecular complexity index is 60.7. The average molecular weight is 308 g/mol. The molecule has 0 bridgehead atoms. The van der Waals surface area contributed by atoms with Gasteiger partial charge in [-0.15, -0.1) is 0 Å². The van der Waals surface area contributed by atoms with E-state index in [2.05, 4.69) is 61.1 Å². The lowest BCUT2D eigenvalue weighted by atomic mass is 10.2. The average Bonchev–Trinajstić information content (AvgIpc) is 1.67. The zero-order valence-electron chi connectivity index (χ0n) is 4.63. The molecule has 0 fully saturated rings. The molecule has 0 aliphatic carbocycles. The van der Waals surface area contributed by atoms with E-state index in [1.54, 1.807) is 0 Å². The SMILES string of the molecule is CC(Br)([CH]CBr)CBr. The number of hydrogen-bond acceptors (Lipinski definition) is 0. The lowest BCUT2D eigenvalue weighted by molar-refractivity contribution is 0.872. The molecule has 0 aromatic heterocycles. The number of rotatable bonds is 3. The van der Waals surface area contributed by atoms with Crippen molar-refractivity contribution in [3.63, 3.8) is 0 Å². The molecule has 8 heavy (non-hydrogen) atoms. The Morgan fingerprint density at radius 2 is 2.00 bits per heavy atom. The smallest absolute Gasteiger partial charge is 0.0366 e. The van der Waals surface area contributed by atoms with Crippen molar-refractivity contribution in [1.82, 2.24) is 0 Å². The summed E-state index contributed by atoms with van der Waals surface area (Å²) in [6.45, 7) is 2.11. The van der Waals surface area contributed by atoms with E-state index in [-0.39, 0.29) is 4.32 Å². The largest absolute Gasteiger partial charge is 0.0924 e. The Balaban J connectivity index is 3.37. The molecule has 0 aromatic rings. The summed E-state index contributed by atoms with van der Waals surface area (Å²) < 4.78 is 0.149. The fraction of sp³-hybridized carbons (Fsp3) is 0.800. The van der Waals surface area contributed by atoms with Crippen molar-refractivity contribution in [2.24, 2.45) is 0 Å². The Hall–Kier alpha value is 1.44. The van der Waals surface area contributed by atoms with Crippen LogP contribution in [0.1, 0.15) is 6.92 Å². The van der Waals surface area contributed by atoms with Gasteiger partial charge in [-0.05, 0) is 13.3 Å². The molecule has 0 N–H and O–H groups in total. The van der Waals surface area contributed by atoms with E-state index >= 15 is 0 Å². The maximum atomic E-state index is 3.51. The van der Waals surface area contributed by atoms with Crippen LogP contribution >= 0.6 is 47.8 Å². The Kier molecular flexibility index (Phi) is 5.06. The van der Waals surface area contributed by atoms with Crippen LogP contribution in [-0.2, 0) is 0 Å². The zero-order chi connectivity index (χ0) is 6.62. The maximum Gasteiger partial charge on any atom is 0.0366 e. The van der Waals surface area contributed by atoms with E-state index in [0.717, 1.165) is 10.7 Å². The second kappa shape index (κ2) is 4.29. The van der Waals surface area contributed by atoms with E-state index in [1.807, 2.05) is 0 Å². The lowest BCUT2D eigenvalue weighted by Crippen LogP contribution is -2.18. The first-order chi connectivity index (χ1) is 3.62. The summed E-state index contributed by atoms with van der Waals surface area (Å²) >= 11 is 10.2. The Labute approximate surface area is 75.8 Å². The molecule has 1 unspecified atom stereocenters. The fourth-order valence-electron chi connectivity index (χ4n) is 0.215. The third-order valence-electron chi connectivity index (χ3n) is 0.764. The molecular weight excluding hydrogens is 300 g/mol. The molecule has 0 aliphatic heterocycles. The highest BCUT2D eigenvalue weighted by molar-refractivity contribution is 9.12. The van der Waals surface area contributed by atoms with Gasteiger partial charge in [0, 0.05) is 15.0 Å². The van der Waals surface area contributed by atoms with Crippen LogP contribution in [-0.4, -0.2) is 15.0 Å². The van der Waals surface area contributed by atoms with Crippen LogP contribution in [0.25, 0.3) is 0 Å². The monoisotopic (exact) mass is 305 g/mol. The van der Waals surface area contributed by atoms with E-state index < -0.39 is 0 Å². The van der Waals surface area contributed by atoms with Crippen LogP contribution in [0, 0.1) is 6.42 Å². The van der Waals surface area contributed by atoms with E-state index in [9.17, 15) is 0 Å². The van der Waals surface area contributed by atoms with Gasteiger partial charge in [-0.3, -0.25) is 0 Å². The molecule has 0 saturated carbocycles.